The Kier molecular flexibility index (Phi) is 5.48. The monoisotopic (exact) mass is 396 g/mol. The Labute approximate surface area is 179 Å². The summed E-state index contributed by atoms with van der Waals surface area (Å²) < 4.78 is 0. The zero-order valence-electron chi connectivity index (χ0n) is 18.0. The Bertz CT molecular complexity index is 918. The Morgan fingerprint density at radius 3 is 1.03 bits per heavy atom. The molecule has 0 saturated heterocycles. The molecular formula is C26H28N4. The van der Waals surface area contributed by atoms with E-state index in [4.69, 9.17) is 0 Å². The minimum absolute atomic E-state index is 1.15. The first-order valence-corrected chi connectivity index (χ1v) is 10.1. The highest BCUT2D eigenvalue weighted by molar-refractivity contribution is 5.64. The van der Waals surface area contributed by atoms with Crippen LogP contribution in [0.3, 0.4) is 0 Å². The van der Waals surface area contributed by atoms with Crippen molar-refractivity contribution in [3.8, 4) is 0 Å². The van der Waals surface area contributed by atoms with Crippen molar-refractivity contribution in [1.82, 2.24) is 0 Å². The normalized spacial score (nSPS) is 15.2. The van der Waals surface area contributed by atoms with Crippen LogP contribution in [0.1, 0.15) is 0 Å². The lowest BCUT2D eigenvalue weighted by molar-refractivity contribution is 1.13. The lowest BCUT2D eigenvalue weighted by atomic mass is 10.0. The van der Waals surface area contributed by atoms with Crippen LogP contribution in [0.25, 0.3) is 0 Å². The Morgan fingerprint density at radius 2 is 0.767 bits per heavy atom. The summed E-state index contributed by atoms with van der Waals surface area (Å²) in [5.41, 5.74) is 7.10. The minimum atomic E-state index is 1.15. The van der Waals surface area contributed by atoms with Crippen molar-refractivity contribution in [2.24, 2.45) is 0 Å². The molecular weight excluding hydrogens is 368 g/mol. The molecule has 0 saturated carbocycles. The largest absolute Gasteiger partial charge is 0.378 e. The molecule has 2 aromatic rings. The summed E-state index contributed by atoms with van der Waals surface area (Å²) in [6.45, 7) is 0. The molecule has 2 aliphatic heterocycles. The number of rotatable bonds is 4. The third-order valence-electron chi connectivity index (χ3n) is 5.32. The van der Waals surface area contributed by atoms with Gasteiger partial charge in [-0.25, -0.2) is 0 Å². The highest BCUT2D eigenvalue weighted by atomic mass is 15.1. The molecule has 4 heteroatoms. The van der Waals surface area contributed by atoms with Gasteiger partial charge in [-0.2, -0.15) is 0 Å². The molecule has 152 valence electrons. The van der Waals surface area contributed by atoms with Crippen LogP contribution in [-0.2, 0) is 0 Å². The molecule has 4 nitrogen and oxygen atoms in total. The van der Waals surface area contributed by atoms with Crippen LogP contribution in [0.2, 0.25) is 0 Å². The van der Waals surface area contributed by atoms with Crippen molar-refractivity contribution >= 4 is 22.7 Å². The first-order chi connectivity index (χ1) is 14.5. The molecule has 0 atom stereocenters. The standard InChI is InChI=1S/C26H28N4/c1-27(2)23-5-9-25(10-6-23)29-17-13-21(14-18-29)22-15-19-30(20-16-22)26-11-7-24(8-12-26)28(3)4/h5-20H,1-4H3. The summed E-state index contributed by atoms with van der Waals surface area (Å²) in [5, 5.41) is 0. The fraction of sp³-hybridized carbons (Fsp3) is 0.154. The highest BCUT2D eigenvalue weighted by Crippen LogP contribution is 2.27. The molecule has 0 N–H and O–H groups in total. The molecule has 2 heterocycles. The smallest absolute Gasteiger partial charge is 0.0450 e. The average Bonchev–Trinajstić information content (AvgIpc) is 2.79. The molecule has 30 heavy (non-hydrogen) atoms. The van der Waals surface area contributed by atoms with Gasteiger partial charge >= 0.3 is 0 Å². The van der Waals surface area contributed by atoms with Gasteiger partial charge in [-0.15, -0.1) is 0 Å². The Balaban J connectivity index is 1.45. The first kappa shape index (κ1) is 19.6. The van der Waals surface area contributed by atoms with E-state index in [1.54, 1.807) is 0 Å². The van der Waals surface area contributed by atoms with Crippen molar-refractivity contribution < 1.29 is 0 Å². The molecule has 2 aromatic carbocycles. The maximum absolute atomic E-state index is 2.16. The maximum Gasteiger partial charge on any atom is 0.0450 e. The van der Waals surface area contributed by atoms with E-state index in [9.17, 15) is 0 Å². The van der Waals surface area contributed by atoms with Crippen LogP contribution in [-0.4, -0.2) is 28.2 Å². The molecule has 0 aromatic heterocycles. The first-order valence-electron chi connectivity index (χ1n) is 10.1. The number of allylic oxidation sites excluding steroid dienone is 6. The van der Waals surface area contributed by atoms with Gasteiger partial charge in [0.1, 0.15) is 0 Å². The van der Waals surface area contributed by atoms with Crippen LogP contribution in [0.4, 0.5) is 22.7 Å². The second-order valence-corrected chi connectivity index (χ2v) is 7.81. The quantitative estimate of drug-likeness (QED) is 0.675. The number of nitrogens with zero attached hydrogens (tertiary/aromatic N) is 4. The van der Waals surface area contributed by atoms with Gasteiger partial charge in [0.05, 0.1) is 0 Å². The highest BCUT2D eigenvalue weighted by Gasteiger charge is 2.09. The van der Waals surface area contributed by atoms with E-state index < -0.39 is 0 Å². The van der Waals surface area contributed by atoms with Crippen molar-refractivity contribution in [3.05, 3.63) is 109 Å². The Morgan fingerprint density at radius 1 is 0.467 bits per heavy atom. The van der Waals surface area contributed by atoms with E-state index in [0.717, 1.165) is 11.4 Å². The lowest BCUT2D eigenvalue weighted by Crippen LogP contribution is -2.13. The van der Waals surface area contributed by atoms with Gasteiger partial charge in [-0.1, -0.05) is 0 Å². The van der Waals surface area contributed by atoms with E-state index in [1.807, 2.05) is 0 Å². The van der Waals surface area contributed by atoms with E-state index in [-0.39, 0.29) is 0 Å². The van der Waals surface area contributed by atoms with Gasteiger partial charge in [0.2, 0.25) is 0 Å². The van der Waals surface area contributed by atoms with Crippen LogP contribution < -0.4 is 19.6 Å². The molecule has 0 bridgehead atoms. The zero-order valence-corrected chi connectivity index (χ0v) is 18.0. The van der Waals surface area contributed by atoms with Gasteiger partial charge in [0.25, 0.3) is 0 Å². The lowest BCUT2D eigenvalue weighted by Gasteiger charge is -2.23. The van der Waals surface area contributed by atoms with Crippen LogP contribution in [0.15, 0.2) is 109 Å². The number of hydrogen-bond donors (Lipinski definition) is 0. The summed E-state index contributed by atoms with van der Waals surface area (Å²) in [6.07, 6.45) is 17.1. The minimum Gasteiger partial charge on any atom is -0.378 e. The second kappa shape index (κ2) is 8.37. The molecule has 0 fully saturated rings. The molecule has 0 spiro atoms. The third-order valence-corrected chi connectivity index (χ3v) is 5.32. The number of benzene rings is 2. The van der Waals surface area contributed by atoms with Crippen LogP contribution in [0, 0.1) is 0 Å². The van der Waals surface area contributed by atoms with Crippen molar-refractivity contribution in [3.63, 3.8) is 0 Å². The summed E-state index contributed by atoms with van der Waals surface area (Å²) in [4.78, 5) is 8.49. The predicted octanol–water partition coefficient (Wildman–Crippen LogP) is 5.51. The zero-order chi connectivity index (χ0) is 21.1. The molecule has 0 aliphatic carbocycles. The van der Waals surface area contributed by atoms with E-state index in [0.29, 0.717) is 0 Å². The topological polar surface area (TPSA) is 13.0 Å². The second-order valence-electron chi connectivity index (χ2n) is 7.81. The van der Waals surface area contributed by atoms with E-state index in [1.165, 1.54) is 22.5 Å². The predicted molar refractivity (Wildman–Crippen MR) is 130 cm³/mol. The number of hydrogen-bond acceptors (Lipinski definition) is 4. The van der Waals surface area contributed by atoms with Crippen molar-refractivity contribution in [2.75, 3.05) is 47.8 Å². The fourth-order valence-corrected chi connectivity index (χ4v) is 3.43. The van der Waals surface area contributed by atoms with Crippen molar-refractivity contribution in [2.45, 2.75) is 0 Å². The maximum atomic E-state index is 2.16. The molecule has 0 amide bonds. The third kappa shape index (κ3) is 4.18. The van der Waals surface area contributed by atoms with Crippen LogP contribution >= 0.6 is 0 Å². The van der Waals surface area contributed by atoms with Gasteiger partial charge < -0.3 is 19.6 Å². The SMILES string of the molecule is CN(C)c1ccc(N2C=CC(=C3C=CN(c4ccc(N(C)C)cc4)C=C3)C=C2)cc1. The Hall–Kier alpha value is -3.66. The van der Waals surface area contributed by atoms with Gasteiger partial charge in [0, 0.05) is 75.7 Å². The molecule has 0 radical (unpaired) electrons. The van der Waals surface area contributed by atoms with Gasteiger partial charge in [-0.3, -0.25) is 0 Å². The van der Waals surface area contributed by atoms with Crippen molar-refractivity contribution in [1.29, 1.82) is 0 Å². The summed E-state index contributed by atoms with van der Waals surface area (Å²) in [6, 6.07) is 17.1. The average molecular weight is 397 g/mol. The molecule has 2 aliphatic rings. The van der Waals surface area contributed by atoms with Crippen LogP contribution in [0.5, 0.6) is 0 Å². The molecule has 0 unspecified atom stereocenters. The number of anilines is 4. The summed E-state index contributed by atoms with van der Waals surface area (Å²) in [7, 11) is 8.22. The van der Waals surface area contributed by atoms with E-state index in [2.05, 4.69) is 145 Å². The summed E-state index contributed by atoms with van der Waals surface area (Å²) in [5.74, 6) is 0. The molecule has 4 rings (SSSR count). The fourth-order valence-electron chi connectivity index (χ4n) is 3.43. The van der Waals surface area contributed by atoms with Gasteiger partial charge in [0.15, 0.2) is 0 Å². The van der Waals surface area contributed by atoms with E-state index >= 15 is 0 Å². The van der Waals surface area contributed by atoms with Gasteiger partial charge in [-0.05, 0) is 84.0 Å². The summed E-state index contributed by atoms with van der Waals surface area (Å²) >= 11 is 0.